The van der Waals surface area contributed by atoms with Gasteiger partial charge in [0.05, 0.1) is 16.9 Å². The van der Waals surface area contributed by atoms with Crippen molar-refractivity contribution in [3.8, 4) is 0 Å². The van der Waals surface area contributed by atoms with Gasteiger partial charge in [0.1, 0.15) is 0 Å². The van der Waals surface area contributed by atoms with Gasteiger partial charge >= 0.3 is 0 Å². The first-order valence-corrected chi connectivity index (χ1v) is 13.1. The highest BCUT2D eigenvalue weighted by Crippen LogP contribution is 2.49. The van der Waals surface area contributed by atoms with Gasteiger partial charge in [-0.05, 0) is 55.2 Å². The van der Waals surface area contributed by atoms with E-state index in [1.165, 1.54) is 0 Å². The summed E-state index contributed by atoms with van der Waals surface area (Å²) < 4.78 is 0. The zero-order valence-corrected chi connectivity index (χ0v) is 22.0. The van der Waals surface area contributed by atoms with Gasteiger partial charge < -0.3 is 10.0 Å². The Morgan fingerprint density at radius 2 is 1.77 bits per heavy atom. The average molecular weight is 497 g/mol. The number of carbonyl (C=O) groups excluding carboxylic acids is 2. The van der Waals surface area contributed by atoms with Gasteiger partial charge in [-0.25, -0.2) is 4.99 Å². The summed E-state index contributed by atoms with van der Waals surface area (Å²) in [4.78, 5) is 32.8. The number of amides is 2. The SMILES string of the molecule is CC(C)C(C=NC(=O)C1(c2ccccc2)CC1)C(=O)N1CC[C@](O)(C2=CC=C(Cl)CC2)C(C)(C)C1. The zero-order chi connectivity index (χ0) is 25.4. The molecule has 1 aromatic carbocycles. The number of piperidine rings is 1. The van der Waals surface area contributed by atoms with Crippen LogP contribution in [-0.4, -0.2) is 46.7 Å². The maximum atomic E-state index is 13.6. The van der Waals surface area contributed by atoms with Gasteiger partial charge in [0.15, 0.2) is 0 Å². The third-order valence-electron chi connectivity index (χ3n) is 8.23. The van der Waals surface area contributed by atoms with Crippen molar-refractivity contribution in [1.82, 2.24) is 4.90 Å². The molecule has 0 spiro atoms. The van der Waals surface area contributed by atoms with Gasteiger partial charge in [-0.1, -0.05) is 75.7 Å². The van der Waals surface area contributed by atoms with E-state index in [2.05, 4.69) is 4.99 Å². The molecule has 6 heteroatoms. The average Bonchev–Trinajstić information content (AvgIpc) is 3.64. The van der Waals surface area contributed by atoms with E-state index >= 15 is 0 Å². The highest BCUT2D eigenvalue weighted by Gasteiger charge is 2.52. The van der Waals surface area contributed by atoms with Gasteiger partial charge in [0.25, 0.3) is 5.91 Å². The molecule has 2 aliphatic carbocycles. The van der Waals surface area contributed by atoms with Crippen LogP contribution in [0.5, 0.6) is 0 Å². The van der Waals surface area contributed by atoms with E-state index in [-0.39, 0.29) is 17.7 Å². The fraction of sp³-hybridized carbons (Fsp3) is 0.552. The number of nitrogens with zero attached hydrogens (tertiary/aromatic N) is 2. The Hall–Kier alpha value is -2.24. The van der Waals surface area contributed by atoms with E-state index in [1.54, 1.807) is 6.21 Å². The highest BCUT2D eigenvalue weighted by molar-refractivity contribution is 6.29. The van der Waals surface area contributed by atoms with Crippen LogP contribution in [0.3, 0.4) is 0 Å². The van der Waals surface area contributed by atoms with Crippen LogP contribution in [0.4, 0.5) is 0 Å². The summed E-state index contributed by atoms with van der Waals surface area (Å²) in [6.45, 7) is 8.91. The number of halogens is 1. The molecule has 4 rings (SSSR count). The van der Waals surface area contributed by atoms with Gasteiger partial charge in [-0.15, -0.1) is 0 Å². The molecule has 0 bridgehead atoms. The number of likely N-dealkylation sites (tertiary alicyclic amines) is 1. The third-order valence-corrected chi connectivity index (χ3v) is 8.55. The van der Waals surface area contributed by atoms with Crippen molar-refractivity contribution in [3.63, 3.8) is 0 Å². The van der Waals surface area contributed by atoms with Crippen molar-refractivity contribution in [2.75, 3.05) is 13.1 Å². The van der Waals surface area contributed by atoms with Crippen molar-refractivity contribution >= 4 is 29.6 Å². The number of aliphatic hydroxyl groups is 1. The summed E-state index contributed by atoms with van der Waals surface area (Å²) in [6.07, 6.45) is 8.92. The van der Waals surface area contributed by atoms with Crippen LogP contribution in [0, 0.1) is 17.3 Å². The van der Waals surface area contributed by atoms with E-state index in [0.717, 1.165) is 41.9 Å². The van der Waals surface area contributed by atoms with Crippen molar-refractivity contribution in [2.24, 2.45) is 22.2 Å². The molecule has 3 aliphatic rings. The molecule has 0 aromatic heterocycles. The molecule has 5 nitrogen and oxygen atoms in total. The van der Waals surface area contributed by atoms with Crippen molar-refractivity contribution < 1.29 is 14.7 Å². The molecule has 2 fully saturated rings. The Bertz CT molecular complexity index is 1070. The number of benzene rings is 1. The van der Waals surface area contributed by atoms with Gasteiger partial charge in [-0.2, -0.15) is 0 Å². The summed E-state index contributed by atoms with van der Waals surface area (Å²) in [7, 11) is 0. The lowest BCUT2D eigenvalue weighted by Crippen LogP contribution is -2.60. The molecule has 188 valence electrons. The van der Waals surface area contributed by atoms with Crippen LogP contribution in [-0.2, 0) is 15.0 Å². The first-order valence-electron chi connectivity index (χ1n) is 12.7. The smallest absolute Gasteiger partial charge is 0.255 e. The predicted octanol–water partition coefficient (Wildman–Crippen LogP) is 5.42. The van der Waals surface area contributed by atoms with Gasteiger partial charge in [0.2, 0.25) is 5.91 Å². The lowest BCUT2D eigenvalue weighted by molar-refractivity contribution is -0.147. The molecule has 0 radical (unpaired) electrons. The van der Waals surface area contributed by atoms with Crippen LogP contribution in [0.2, 0.25) is 0 Å². The zero-order valence-electron chi connectivity index (χ0n) is 21.3. The minimum atomic E-state index is -0.983. The van der Waals surface area contributed by atoms with Gasteiger partial charge in [-0.3, -0.25) is 9.59 Å². The minimum absolute atomic E-state index is 0.00295. The summed E-state index contributed by atoms with van der Waals surface area (Å²) in [5, 5.41) is 12.5. The highest BCUT2D eigenvalue weighted by atomic mass is 35.5. The first kappa shape index (κ1) is 25.8. The number of allylic oxidation sites excluding steroid dienone is 3. The van der Waals surface area contributed by atoms with Crippen LogP contribution in [0.15, 0.2) is 58.1 Å². The monoisotopic (exact) mass is 496 g/mol. The Morgan fingerprint density at radius 1 is 1.09 bits per heavy atom. The Morgan fingerprint density at radius 3 is 2.31 bits per heavy atom. The minimum Gasteiger partial charge on any atom is -0.385 e. The number of aliphatic imine (C=N–C) groups is 1. The van der Waals surface area contributed by atoms with Crippen LogP contribution < -0.4 is 0 Å². The molecule has 1 N–H and O–H groups in total. The van der Waals surface area contributed by atoms with Crippen LogP contribution in [0.25, 0.3) is 0 Å². The van der Waals surface area contributed by atoms with E-state index in [0.29, 0.717) is 19.5 Å². The van der Waals surface area contributed by atoms with Crippen molar-refractivity contribution in [2.45, 2.75) is 70.8 Å². The molecular weight excluding hydrogens is 460 g/mol. The summed E-state index contributed by atoms with van der Waals surface area (Å²) >= 11 is 6.13. The predicted molar refractivity (Wildman–Crippen MR) is 140 cm³/mol. The second-order valence-electron chi connectivity index (χ2n) is 11.4. The van der Waals surface area contributed by atoms with Crippen molar-refractivity contribution in [3.05, 3.63) is 58.7 Å². The lowest BCUT2D eigenvalue weighted by Gasteiger charge is -2.52. The molecule has 1 unspecified atom stereocenters. The maximum absolute atomic E-state index is 13.6. The topological polar surface area (TPSA) is 70.0 Å². The number of hydrogen-bond donors (Lipinski definition) is 1. The largest absolute Gasteiger partial charge is 0.385 e. The molecular formula is C29H37ClN2O3. The lowest BCUT2D eigenvalue weighted by atomic mass is 9.64. The number of rotatable bonds is 6. The normalized spacial score (nSPS) is 26.3. The maximum Gasteiger partial charge on any atom is 0.255 e. The van der Waals surface area contributed by atoms with E-state index < -0.39 is 22.3 Å². The molecule has 2 amide bonds. The second kappa shape index (κ2) is 9.67. The van der Waals surface area contributed by atoms with E-state index in [9.17, 15) is 14.7 Å². The van der Waals surface area contributed by atoms with E-state index in [4.69, 9.17) is 11.6 Å². The first-order chi connectivity index (χ1) is 16.5. The number of carbonyl (C=O) groups is 2. The molecule has 1 saturated heterocycles. The van der Waals surface area contributed by atoms with Gasteiger partial charge in [0, 0.05) is 29.8 Å². The fourth-order valence-electron chi connectivity index (χ4n) is 5.57. The van der Waals surface area contributed by atoms with Crippen molar-refractivity contribution in [1.29, 1.82) is 0 Å². The number of hydrogen-bond acceptors (Lipinski definition) is 3. The fourth-order valence-corrected chi connectivity index (χ4v) is 5.73. The summed E-state index contributed by atoms with van der Waals surface area (Å²) in [6, 6.07) is 9.79. The van der Waals surface area contributed by atoms with Crippen LogP contribution >= 0.6 is 11.6 Å². The third kappa shape index (κ3) is 4.90. The van der Waals surface area contributed by atoms with E-state index in [1.807, 2.05) is 75.1 Å². The Kier molecular flexibility index (Phi) is 7.14. The molecule has 35 heavy (non-hydrogen) atoms. The molecule has 1 heterocycles. The molecule has 2 atom stereocenters. The second-order valence-corrected chi connectivity index (χ2v) is 11.8. The Labute approximate surface area is 214 Å². The summed E-state index contributed by atoms with van der Waals surface area (Å²) in [5.74, 6) is -0.672. The molecule has 1 aliphatic heterocycles. The standard InChI is InChI=1S/C29H37ClN2O3/c1-20(2)24(18-31-26(34)28(14-15-28)21-8-6-5-7-9-21)25(33)32-17-16-29(35,27(3,4)19-32)22-10-12-23(30)13-11-22/h5-10,12,18,20,24,35H,11,13-17,19H2,1-4H3/t24?,29-/m0/s1. The molecule has 1 aromatic rings. The van der Waals surface area contributed by atoms with Crippen LogP contribution in [0.1, 0.15) is 65.4 Å². The summed E-state index contributed by atoms with van der Waals surface area (Å²) in [5.41, 5.74) is -0.0492. The molecule has 1 saturated carbocycles. The quantitative estimate of drug-likeness (QED) is 0.534. The Balaban J connectivity index is 1.48.